The lowest BCUT2D eigenvalue weighted by atomic mass is 9.88. The summed E-state index contributed by atoms with van der Waals surface area (Å²) in [6.45, 7) is 6.39. The average molecular weight is 349 g/mol. The number of aliphatic hydroxyl groups is 1. The minimum atomic E-state index is -1.74. The van der Waals surface area contributed by atoms with Gasteiger partial charge in [0.1, 0.15) is 5.34 Å². The van der Waals surface area contributed by atoms with E-state index in [1.165, 1.54) is 0 Å². The quantitative estimate of drug-likeness (QED) is 0.442. The van der Waals surface area contributed by atoms with Crippen LogP contribution in [0.2, 0.25) is 0 Å². The monoisotopic (exact) mass is 349 g/mol. The zero-order valence-corrected chi connectivity index (χ0v) is 15.6. The van der Waals surface area contributed by atoms with Gasteiger partial charge in [-0.1, -0.05) is 40.0 Å². The fraction of sp³-hybridized carbons (Fsp3) is 0.875. The molecule has 4 unspecified atom stereocenters. The maximum atomic E-state index is 11.5. The van der Waals surface area contributed by atoms with E-state index in [-0.39, 0.29) is 19.3 Å². The summed E-state index contributed by atoms with van der Waals surface area (Å²) in [5.74, 6) is -2.09. The normalized spacial score (nSPS) is 17.3. The zero-order valence-electron chi connectivity index (χ0n) is 14.5. The summed E-state index contributed by atoms with van der Waals surface area (Å²) in [6, 6.07) is 0. The summed E-state index contributed by atoms with van der Waals surface area (Å²) in [5, 5.41) is 18.1. The highest BCUT2D eigenvalue weighted by Crippen LogP contribution is 2.38. The molecule has 6 nitrogen and oxygen atoms in total. The number of carboxylic acid groups (broad SMARTS) is 1. The van der Waals surface area contributed by atoms with E-state index in [9.17, 15) is 24.4 Å². The maximum absolute atomic E-state index is 11.5. The van der Waals surface area contributed by atoms with Gasteiger partial charge in [0.2, 0.25) is 5.91 Å². The highest BCUT2D eigenvalue weighted by Gasteiger charge is 2.40. The van der Waals surface area contributed by atoms with Gasteiger partial charge in [0.15, 0.2) is 0 Å². The molecule has 7 heteroatoms. The second-order valence-electron chi connectivity index (χ2n) is 6.97. The number of rotatable bonds is 13. The Morgan fingerprint density at radius 1 is 1.13 bits per heavy atom. The molecule has 0 spiro atoms. The first kappa shape index (κ1) is 22.1. The van der Waals surface area contributed by atoms with Crippen LogP contribution in [0.15, 0.2) is 0 Å². The molecule has 136 valence electrons. The van der Waals surface area contributed by atoms with Crippen molar-refractivity contribution in [3.8, 4) is 0 Å². The van der Waals surface area contributed by atoms with Crippen LogP contribution in [0.3, 0.4) is 0 Å². The Morgan fingerprint density at radius 3 is 2.17 bits per heavy atom. The van der Waals surface area contributed by atoms with E-state index in [1.807, 2.05) is 0 Å². The van der Waals surface area contributed by atoms with Gasteiger partial charge in [-0.15, -0.1) is 0 Å². The average Bonchev–Trinajstić information content (AvgIpc) is 2.44. The Labute approximate surface area is 140 Å². The van der Waals surface area contributed by atoms with Gasteiger partial charge in [-0.05, 0) is 31.1 Å². The maximum Gasteiger partial charge on any atom is 0.309 e. The lowest BCUT2D eigenvalue weighted by Gasteiger charge is -2.30. The van der Waals surface area contributed by atoms with E-state index < -0.39 is 31.6 Å². The first-order valence-electron chi connectivity index (χ1n) is 8.32. The van der Waals surface area contributed by atoms with Crippen LogP contribution in [0.5, 0.6) is 0 Å². The molecule has 23 heavy (non-hydrogen) atoms. The Kier molecular flexibility index (Phi) is 10.4. The SMILES string of the molecule is CC(C)CCCC(C)CCC(O)([PH2]=O)C(CCC(N)=O)C(=O)O. The minimum Gasteiger partial charge on any atom is -0.481 e. The molecule has 0 aliphatic rings. The summed E-state index contributed by atoms with van der Waals surface area (Å²) >= 11 is 0. The molecule has 4 atom stereocenters. The second kappa shape index (κ2) is 10.8. The predicted molar refractivity (Wildman–Crippen MR) is 92.0 cm³/mol. The van der Waals surface area contributed by atoms with E-state index in [0.29, 0.717) is 18.3 Å². The Morgan fingerprint density at radius 2 is 1.74 bits per heavy atom. The highest BCUT2D eigenvalue weighted by atomic mass is 31.1. The molecule has 0 aliphatic heterocycles. The Balaban J connectivity index is 4.62. The molecule has 0 aliphatic carbocycles. The van der Waals surface area contributed by atoms with Gasteiger partial charge in [-0.3, -0.25) is 9.59 Å². The van der Waals surface area contributed by atoms with Crippen LogP contribution in [0.25, 0.3) is 0 Å². The third-order valence-electron chi connectivity index (χ3n) is 4.30. The Hall–Kier alpha value is -0.870. The molecule has 1 amide bonds. The van der Waals surface area contributed by atoms with Gasteiger partial charge in [-0.2, -0.15) is 0 Å². The van der Waals surface area contributed by atoms with Crippen molar-refractivity contribution in [2.24, 2.45) is 23.5 Å². The van der Waals surface area contributed by atoms with Crippen molar-refractivity contribution in [3.05, 3.63) is 0 Å². The molecule has 0 aromatic rings. The van der Waals surface area contributed by atoms with E-state index in [1.54, 1.807) is 0 Å². The van der Waals surface area contributed by atoms with E-state index in [2.05, 4.69) is 20.8 Å². The van der Waals surface area contributed by atoms with Crippen molar-refractivity contribution in [3.63, 3.8) is 0 Å². The van der Waals surface area contributed by atoms with Crippen molar-refractivity contribution >= 4 is 20.3 Å². The largest absolute Gasteiger partial charge is 0.481 e. The number of primary amides is 1. The van der Waals surface area contributed by atoms with Gasteiger partial charge in [0, 0.05) is 6.42 Å². The molecule has 0 aromatic heterocycles. The fourth-order valence-corrected chi connectivity index (χ4v) is 3.44. The number of amides is 1. The lowest BCUT2D eigenvalue weighted by molar-refractivity contribution is -0.148. The van der Waals surface area contributed by atoms with Crippen molar-refractivity contribution in [2.75, 3.05) is 0 Å². The van der Waals surface area contributed by atoms with Crippen molar-refractivity contribution in [2.45, 2.75) is 71.1 Å². The van der Waals surface area contributed by atoms with E-state index >= 15 is 0 Å². The third kappa shape index (κ3) is 9.11. The number of hydrogen-bond donors (Lipinski definition) is 3. The first-order chi connectivity index (χ1) is 10.6. The number of hydrogen-bond acceptors (Lipinski definition) is 4. The number of carbonyl (C=O) groups excluding carboxylic acids is 1. The molecule has 0 fully saturated rings. The van der Waals surface area contributed by atoms with Crippen LogP contribution >= 0.6 is 8.46 Å². The van der Waals surface area contributed by atoms with Crippen LogP contribution in [0.1, 0.15) is 65.7 Å². The van der Waals surface area contributed by atoms with Gasteiger partial charge < -0.3 is 20.5 Å². The van der Waals surface area contributed by atoms with Gasteiger partial charge in [-0.25, -0.2) is 0 Å². The zero-order chi connectivity index (χ0) is 18.0. The molecule has 0 heterocycles. The van der Waals surface area contributed by atoms with Gasteiger partial charge >= 0.3 is 5.97 Å². The van der Waals surface area contributed by atoms with Crippen molar-refractivity contribution in [1.82, 2.24) is 0 Å². The Bertz CT molecular complexity index is 402. The highest BCUT2D eigenvalue weighted by molar-refractivity contribution is 7.25. The molecule has 0 saturated carbocycles. The summed E-state index contributed by atoms with van der Waals surface area (Å²) in [5.41, 5.74) is 5.04. The summed E-state index contributed by atoms with van der Waals surface area (Å²) in [4.78, 5) is 22.2. The van der Waals surface area contributed by atoms with E-state index in [4.69, 9.17) is 5.73 Å². The first-order valence-corrected chi connectivity index (χ1v) is 9.37. The fourth-order valence-electron chi connectivity index (χ4n) is 2.69. The molecular formula is C16H32NO5P. The molecule has 0 rings (SSSR count). The summed E-state index contributed by atoms with van der Waals surface area (Å²) < 4.78 is 11.5. The smallest absolute Gasteiger partial charge is 0.309 e. The van der Waals surface area contributed by atoms with Crippen LogP contribution in [0, 0.1) is 17.8 Å². The minimum absolute atomic E-state index is 0.0852. The topological polar surface area (TPSA) is 118 Å². The van der Waals surface area contributed by atoms with Gasteiger partial charge in [0.25, 0.3) is 0 Å². The van der Waals surface area contributed by atoms with Crippen LogP contribution < -0.4 is 5.73 Å². The van der Waals surface area contributed by atoms with Crippen LogP contribution in [0.4, 0.5) is 0 Å². The lowest BCUT2D eigenvalue weighted by Crippen LogP contribution is -2.38. The number of carbonyl (C=O) groups is 2. The van der Waals surface area contributed by atoms with Crippen molar-refractivity contribution in [1.29, 1.82) is 0 Å². The predicted octanol–water partition coefficient (Wildman–Crippen LogP) is 2.64. The number of carboxylic acids is 1. The molecule has 4 N–H and O–H groups in total. The number of aliphatic carboxylic acids is 1. The molecule has 0 aromatic carbocycles. The third-order valence-corrected chi connectivity index (χ3v) is 5.40. The second-order valence-corrected chi connectivity index (χ2v) is 8.21. The van der Waals surface area contributed by atoms with E-state index in [0.717, 1.165) is 19.3 Å². The number of nitrogens with two attached hydrogens (primary N) is 1. The van der Waals surface area contributed by atoms with Crippen LogP contribution in [-0.4, -0.2) is 27.4 Å². The summed E-state index contributed by atoms with van der Waals surface area (Å²) in [7, 11) is -1.68. The van der Waals surface area contributed by atoms with Crippen molar-refractivity contribution < 1.29 is 24.4 Å². The van der Waals surface area contributed by atoms with Gasteiger partial charge in [0.05, 0.1) is 14.4 Å². The molecule has 0 radical (unpaired) electrons. The standard InChI is InChI=1S/C16H32NO5P/c1-11(2)5-4-6-12(3)9-10-16(21,23-22)13(15(19)20)7-8-14(17)18/h11-13,21H,4-10,23H2,1-3H3,(H2,17,18)(H,19,20). The summed E-state index contributed by atoms with van der Waals surface area (Å²) in [6.07, 6.45) is 3.79. The molecular weight excluding hydrogens is 317 g/mol. The van der Waals surface area contributed by atoms with Crippen LogP contribution in [-0.2, 0) is 14.2 Å². The molecule has 0 bridgehead atoms. The molecule has 0 saturated heterocycles.